The van der Waals surface area contributed by atoms with E-state index in [0.717, 1.165) is 67.7 Å². The number of hydrogen-bond acceptors (Lipinski definition) is 3. The van der Waals surface area contributed by atoms with Gasteiger partial charge in [0, 0.05) is 42.5 Å². The summed E-state index contributed by atoms with van der Waals surface area (Å²) in [5.74, 6) is 0.0990. The first-order valence-electron chi connectivity index (χ1n) is 9.22. The molecule has 2 N–H and O–H groups in total. The molecular weight excluding hydrogens is 316 g/mol. The lowest BCUT2D eigenvalue weighted by molar-refractivity contribution is -0.143. The van der Waals surface area contributed by atoms with Crippen molar-refractivity contribution >= 4 is 16.8 Å². The van der Waals surface area contributed by atoms with Gasteiger partial charge in [-0.2, -0.15) is 0 Å². The Morgan fingerprint density at radius 3 is 2.92 bits per heavy atom. The predicted molar refractivity (Wildman–Crippen MR) is 96.6 cm³/mol. The van der Waals surface area contributed by atoms with Crippen LogP contribution in [0.3, 0.4) is 0 Å². The van der Waals surface area contributed by atoms with Crippen LogP contribution in [0.5, 0.6) is 0 Å². The lowest BCUT2D eigenvalue weighted by Crippen LogP contribution is -2.51. The number of aromatic nitrogens is 1. The van der Waals surface area contributed by atoms with Crippen molar-refractivity contribution in [2.75, 3.05) is 19.8 Å². The van der Waals surface area contributed by atoms with Gasteiger partial charge in [0.25, 0.3) is 0 Å². The monoisotopic (exact) mass is 342 g/mol. The Morgan fingerprint density at radius 2 is 2.08 bits per heavy atom. The molecule has 5 heteroatoms. The summed E-state index contributed by atoms with van der Waals surface area (Å²) >= 11 is 0. The zero-order valence-electron chi connectivity index (χ0n) is 14.8. The molecule has 4 rings (SSSR count). The Balaban J connectivity index is 1.42. The molecule has 2 aliphatic rings. The fourth-order valence-corrected chi connectivity index (χ4v) is 4.24. The van der Waals surface area contributed by atoms with E-state index < -0.39 is 0 Å². The summed E-state index contributed by atoms with van der Waals surface area (Å²) in [6.45, 7) is 4.27. The van der Waals surface area contributed by atoms with Crippen molar-refractivity contribution in [2.24, 2.45) is 0 Å². The second-order valence-electron chi connectivity index (χ2n) is 7.35. The second kappa shape index (κ2) is 6.81. The molecule has 5 nitrogen and oxygen atoms in total. The van der Waals surface area contributed by atoms with Gasteiger partial charge in [-0.05, 0) is 44.2 Å². The van der Waals surface area contributed by atoms with E-state index in [-0.39, 0.29) is 17.6 Å². The van der Waals surface area contributed by atoms with Crippen LogP contribution in [0.4, 0.5) is 0 Å². The average molecular weight is 342 g/mol. The van der Waals surface area contributed by atoms with Gasteiger partial charge in [-0.1, -0.05) is 18.2 Å². The van der Waals surface area contributed by atoms with E-state index in [4.69, 9.17) is 9.47 Å². The molecule has 3 heterocycles. The maximum atomic E-state index is 12.7. The normalized spacial score (nSPS) is 23.0. The zero-order chi connectivity index (χ0) is 17.3. The van der Waals surface area contributed by atoms with Gasteiger partial charge in [-0.25, -0.2) is 0 Å². The van der Waals surface area contributed by atoms with E-state index in [1.165, 1.54) is 0 Å². The van der Waals surface area contributed by atoms with Gasteiger partial charge in [-0.15, -0.1) is 0 Å². The number of ether oxygens (including phenoxy) is 2. The molecule has 2 aliphatic heterocycles. The molecule has 1 aromatic carbocycles. The summed E-state index contributed by atoms with van der Waals surface area (Å²) in [5, 5.41) is 4.39. The number of rotatable bonds is 3. The van der Waals surface area contributed by atoms with Crippen LogP contribution in [0.1, 0.15) is 36.9 Å². The third kappa shape index (κ3) is 3.44. The molecule has 1 atom stereocenters. The van der Waals surface area contributed by atoms with E-state index in [1.54, 1.807) is 0 Å². The largest absolute Gasteiger partial charge is 0.381 e. The number of para-hydroxylation sites is 1. The zero-order valence-corrected chi connectivity index (χ0v) is 14.8. The quantitative estimate of drug-likeness (QED) is 0.901. The third-order valence-electron chi connectivity index (χ3n) is 5.63. The van der Waals surface area contributed by atoms with Crippen LogP contribution in [0.25, 0.3) is 10.9 Å². The standard InChI is InChI=1S/C20H26N2O3/c1-14-17(16-4-2-3-5-18(16)21-14)12-19(23)22-15-6-9-25-20(13-15)7-10-24-11-8-20/h2-5,15,21H,6-13H2,1H3,(H,22,23)/t15-/m1/s1. The SMILES string of the molecule is Cc1[nH]c2ccccc2c1CC(=O)N[C@@H]1CCOC2(CCOCC2)C1. The highest BCUT2D eigenvalue weighted by Gasteiger charge is 2.39. The van der Waals surface area contributed by atoms with E-state index in [2.05, 4.69) is 22.4 Å². The molecule has 2 aromatic rings. The van der Waals surface area contributed by atoms with Crippen molar-refractivity contribution in [1.29, 1.82) is 0 Å². The van der Waals surface area contributed by atoms with Crippen LogP contribution in [-0.2, 0) is 20.7 Å². The maximum Gasteiger partial charge on any atom is 0.224 e. The molecule has 0 aliphatic carbocycles. The average Bonchev–Trinajstić information content (AvgIpc) is 2.91. The van der Waals surface area contributed by atoms with Gasteiger partial charge in [0.05, 0.1) is 12.0 Å². The highest BCUT2D eigenvalue weighted by molar-refractivity contribution is 5.90. The topological polar surface area (TPSA) is 63.4 Å². The third-order valence-corrected chi connectivity index (χ3v) is 5.63. The molecule has 0 radical (unpaired) electrons. The molecule has 1 amide bonds. The number of H-pyrrole nitrogens is 1. The summed E-state index contributed by atoms with van der Waals surface area (Å²) in [5.41, 5.74) is 3.17. The highest BCUT2D eigenvalue weighted by atomic mass is 16.5. The first kappa shape index (κ1) is 16.6. The van der Waals surface area contributed by atoms with Crippen LogP contribution in [0, 0.1) is 6.92 Å². The maximum absolute atomic E-state index is 12.7. The molecule has 25 heavy (non-hydrogen) atoms. The Bertz CT molecular complexity index is 756. The van der Waals surface area contributed by atoms with Crippen LogP contribution in [0.15, 0.2) is 24.3 Å². The van der Waals surface area contributed by atoms with Crippen molar-refractivity contribution in [3.8, 4) is 0 Å². The number of aryl methyl sites for hydroxylation is 1. The predicted octanol–water partition coefficient (Wildman–Crippen LogP) is 2.86. The smallest absolute Gasteiger partial charge is 0.224 e. The number of carbonyl (C=O) groups is 1. The first-order chi connectivity index (χ1) is 12.2. The molecular formula is C20H26N2O3. The van der Waals surface area contributed by atoms with Gasteiger partial charge in [-0.3, -0.25) is 4.79 Å². The molecule has 1 spiro atoms. The molecule has 2 fully saturated rings. The fourth-order valence-electron chi connectivity index (χ4n) is 4.24. The van der Waals surface area contributed by atoms with Crippen molar-refractivity contribution in [3.05, 3.63) is 35.5 Å². The lowest BCUT2D eigenvalue weighted by atomic mass is 9.84. The number of nitrogens with one attached hydrogen (secondary N) is 2. The Hall–Kier alpha value is -1.85. The minimum atomic E-state index is -0.0921. The van der Waals surface area contributed by atoms with Gasteiger partial charge in [0.2, 0.25) is 5.91 Å². The minimum absolute atomic E-state index is 0.0921. The van der Waals surface area contributed by atoms with Gasteiger partial charge in [0.1, 0.15) is 0 Å². The summed E-state index contributed by atoms with van der Waals surface area (Å²) < 4.78 is 11.5. The first-order valence-corrected chi connectivity index (χ1v) is 9.22. The molecule has 134 valence electrons. The molecule has 0 bridgehead atoms. The number of aromatic amines is 1. The fraction of sp³-hybridized carbons (Fsp3) is 0.550. The summed E-state index contributed by atoms with van der Waals surface area (Å²) in [4.78, 5) is 16.0. The van der Waals surface area contributed by atoms with Gasteiger partial charge in [0.15, 0.2) is 0 Å². The number of carbonyl (C=O) groups excluding carboxylic acids is 1. The van der Waals surface area contributed by atoms with Crippen LogP contribution in [0.2, 0.25) is 0 Å². The van der Waals surface area contributed by atoms with Crippen LogP contribution in [-0.4, -0.2) is 42.4 Å². The van der Waals surface area contributed by atoms with E-state index in [0.29, 0.717) is 6.42 Å². The summed E-state index contributed by atoms with van der Waals surface area (Å²) in [6.07, 6.45) is 4.07. The van der Waals surface area contributed by atoms with Gasteiger partial charge >= 0.3 is 0 Å². The number of benzene rings is 1. The molecule has 2 saturated heterocycles. The van der Waals surface area contributed by atoms with E-state index >= 15 is 0 Å². The lowest BCUT2D eigenvalue weighted by Gasteiger charge is -2.43. The summed E-state index contributed by atoms with van der Waals surface area (Å²) in [7, 11) is 0. The second-order valence-corrected chi connectivity index (χ2v) is 7.35. The van der Waals surface area contributed by atoms with Crippen molar-refractivity contribution in [2.45, 2.75) is 50.7 Å². The number of amides is 1. The molecule has 0 unspecified atom stereocenters. The minimum Gasteiger partial charge on any atom is -0.381 e. The van der Waals surface area contributed by atoms with Crippen molar-refractivity contribution < 1.29 is 14.3 Å². The Kier molecular flexibility index (Phi) is 4.52. The van der Waals surface area contributed by atoms with E-state index in [9.17, 15) is 4.79 Å². The van der Waals surface area contributed by atoms with E-state index in [1.807, 2.05) is 19.1 Å². The number of hydrogen-bond donors (Lipinski definition) is 2. The molecule has 1 aromatic heterocycles. The highest BCUT2D eigenvalue weighted by Crippen LogP contribution is 2.34. The van der Waals surface area contributed by atoms with Crippen molar-refractivity contribution in [1.82, 2.24) is 10.3 Å². The molecule has 0 saturated carbocycles. The Morgan fingerprint density at radius 1 is 1.28 bits per heavy atom. The van der Waals surface area contributed by atoms with Crippen molar-refractivity contribution in [3.63, 3.8) is 0 Å². The van der Waals surface area contributed by atoms with Crippen LogP contribution >= 0.6 is 0 Å². The van der Waals surface area contributed by atoms with Gasteiger partial charge < -0.3 is 19.8 Å². The number of fused-ring (bicyclic) bond motifs is 1. The summed E-state index contributed by atoms with van der Waals surface area (Å²) in [6, 6.07) is 8.36. The Labute approximate surface area is 148 Å². The van der Waals surface area contributed by atoms with Crippen LogP contribution < -0.4 is 5.32 Å².